The largest absolute Gasteiger partial charge is 0.374 e. The van der Waals surface area contributed by atoms with Crippen molar-refractivity contribution in [1.82, 2.24) is 20.1 Å². The minimum absolute atomic E-state index is 0.0602. The number of carbonyl (C=O) groups excluding carboxylic acids is 1. The van der Waals surface area contributed by atoms with E-state index >= 15 is 0 Å². The fourth-order valence-corrected chi connectivity index (χ4v) is 1.94. The number of amides is 1. The molecule has 2 aromatic rings. The van der Waals surface area contributed by atoms with Crippen LogP contribution >= 0.6 is 11.3 Å². The number of nitrogens with zero attached hydrogens (tertiary/aromatic N) is 3. The lowest BCUT2D eigenvalue weighted by Crippen LogP contribution is -2.30. The lowest BCUT2D eigenvalue weighted by molar-refractivity contribution is -0.124. The Labute approximate surface area is 102 Å². The highest BCUT2D eigenvalue weighted by Gasteiger charge is 2.13. The summed E-state index contributed by atoms with van der Waals surface area (Å²) in [6.45, 7) is 2.20. The molecule has 0 aliphatic rings. The normalized spacial score (nSPS) is 12.3. The maximum absolute atomic E-state index is 11.8. The Kier molecular flexibility index (Phi) is 3.38. The highest BCUT2D eigenvalue weighted by Crippen LogP contribution is 2.11. The summed E-state index contributed by atoms with van der Waals surface area (Å²) in [6, 6.07) is 3.53. The molecule has 3 N–H and O–H groups in total. The summed E-state index contributed by atoms with van der Waals surface area (Å²) in [5.74, 6) is -0.0602. The number of nitrogens with one attached hydrogen (secondary N) is 1. The molecule has 0 aromatic carbocycles. The maximum Gasteiger partial charge on any atom is 0.243 e. The number of anilines is 1. The summed E-state index contributed by atoms with van der Waals surface area (Å²) >= 11 is 1.27. The van der Waals surface area contributed by atoms with Crippen LogP contribution in [0.4, 0.5) is 5.13 Å². The van der Waals surface area contributed by atoms with Crippen molar-refractivity contribution < 1.29 is 4.79 Å². The second-order valence-corrected chi connectivity index (χ2v) is 4.65. The summed E-state index contributed by atoms with van der Waals surface area (Å²) in [5, 5.41) is 11.4. The highest BCUT2D eigenvalue weighted by atomic mass is 32.1. The van der Waals surface area contributed by atoms with Gasteiger partial charge in [-0.2, -0.15) is 0 Å². The van der Waals surface area contributed by atoms with Crippen LogP contribution in [0.5, 0.6) is 0 Å². The van der Waals surface area contributed by atoms with Gasteiger partial charge in [-0.1, -0.05) is 11.3 Å². The molecule has 0 spiro atoms. The van der Waals surface area contributed by atoms with E-state index in [9.17, 15) is 4.79 Å². The zero-order valence-electron chi connectivity index (χ0n) is 9.33. The Bertz CT molecular complexity index is 493. The second-order valence-electron chi connectivity index (χ2n) is 3.56. The van der Waals surface area contributed by atoms with Gasteiger partial charge in [-0.25, -0.2) is 0 Å². The molecule has 1 unspecified atom stereocenters. The summed E-state index contributed by atoms with van der Waals surface area (Å²) in [7, 11) is 0. The van der Waals surface area contributed by atoms with Gasteiger partial charge in [-0.05, 0) is 19.1 Å². The molecular formula is C10H13N5OS. The van der Waals surface area contributed by atoms with Crippen LogP contribution in [-0.4, -0.2) is 20.7 Å². The molecule has 0 fully saturated rings. The van der Waals surface area contributed by atoms with Crippen LogP contribution in [0.25, 0.3) is 0 Å². The molecule has 17 heavy (non-hydrogen) atoms. The van der Waals surface area contributed by atoms with E-state index in [2.05, 4.69) is 15.5 Å². The van der Waals surface area contributed by atoms with Crippen molar-refractivity contribution in [2.24, 2.45) is 0 Å². The fourth-order valence-electron chi connectivity index (χ4n) is 1.39. The van der Waals surface area contributed by atoms with Crippen molar-refractivity contribution in [3.63, 3.8) is 0 Å². The van der Waals surface area contributed by atoms with Gasteiger partial charge in [-0.15, -0.1) is 10.2 Å². The number of aromatic nitrogens is 3. The Morgan fingerprint density at radius 2 is 2.24 bits per heavy atom. The van der Waals surface area contributed by atoms with Gasteiger partial charge in [0.15, 0.2) is 0 Å². The topological polar surface area (TPSA) is 85.8 Å². The molecule has 1 atom stereocenters. The molecular weight excluding hydrogens is 238 g/mol. The predicted octanol–water partition coefficient (Wildman–Crippen LogP) is 0.799. The zero-order chi connectivity index (χ0) is 12.3. The number of nitrogen functional groups attached to an aromatic ring is 1. The van der Waals surface area contributed by atoms with Crippen molar-refractivity contribution in [1.29, 1.82) is 0 Å². The zero-order valence-corrected chi connectivity index (χ0v) is 10.1. The maximum atomic E-state index is 11.8. The molecule has 2 rings (SSSR count). The van der Waals surface area contributed by atoms with Crippen LogP contribution in [0, 0.1) is 0 Å². The van der Waals surface area contributed by atoms with E-state index in [0.717, 1.165) is 0 Å². The van der Waals surface area contributed by atoms with Crippen molar-refractivity contribution >= 4 is 22.4 Å². The third-order valence-corrected chi connectivity index (χ3v) is 3.10. The Morgan fingerprint density at radius 3 is 2.82 bits per heavy atom. The summed E-state index contributed by atoms with van der Waals surface area (Å²) in [6.07, 6.45) is 3.71. The smallest absolute Gasteiger partial charge is 0.243 e. The average Bonchev–Trinajstić information content (AvgIpc) is 2.95. The first-order chi connectivity index (χ1) is 8.16. The van der Waals surface area contributed by atoms with Crippen molar-refractivity contribution in [2.45, 2.75) is 19.5 Å². The van der Waals surface area contributed by atoms with Gasteiger partial charge in [0.1, 0.15) is 11.0 Å². The molecule has 0 aliphatic carbocycles. The van der Waals surface area contributed by atoms with Gasteiger partial charge < -0.3 is 15.6 Å². The lowest BCUT2D eigenvalue weighted by Gasteiger charge is -2.12. The van der Waals surface area contributed by atoms with Crippen LogP contribution < -0.4 is 11.1 Å². The number of hydrogen-bond donors (Lipinski definition) is 2. The summed E-state index contributed by atoms with van der Waals surface area (Å²) in [4.78, 5) is 11.8. The summed E-state index contributed by atoms with van der Waals surface area (Å²) < 4.78 is 1.84. The monoisotopic (exact) mass is 251 g/mol. The Hall–Kier alpha value is -1.89. The van der Waals surface area contributed by atoms with Gasteiger partial charge in [0, 0.05) is 12.4 Å². The Morgan fingerprint density at radius 1 is 1.53 bits per heavy atom. The molecule has 2 heterocycles. The number of nitrogens with two attached hydrogens (primary N) is 1. The lowest BCUT2D eigenvalue weighted by atomic mass is 10.3. The third-order valence-electron chi connectivity index (χ3n) is 2.35. The first-order valence-corrected chi connectivity index (χ1v) is 5.96. The van der Waals surface area contributed by atoms with Crippen molar-refractivity contribution in [2.75, 3.05) is 5.73 Å². The molecule has 0 saturated carbocycles. The first kappa shape index (κ1) is 11.6. The van der Waals surface area contributed by atoms with Gasteiger partial charge in [0.25, 0.3) is 0 Å². The molecule has 0 radical (unpaired) electrons. The molecule has 0 saturated heterocycles. The van der Waals surface area contributed by atoms with Crippen LogP contribution in [0.15, 0.2) is 24.5 Å². The number of hydrogen-bond acceptors (Lipinski definition) is 5. The van der Waals surface area contributed by atoms with Gasteiger partial charge in [-0.3, -0.25) is 4.79 Å². The Balaban J connectivity index is 1.89. The number of rotatable bonds is 4. The molecule has 1 amide bonds. The van der Waals surface area contributed by atoms with E-state index in [1.54, 1.807) is 0 Å². The van der Waals surface area contributed by atoms with E-state index < -0.39 is 0 Å². The van der Waals surface area contributed by atoms with Gasteiger partial charge in [0.05, 0.1) is 6.54 Å². The fraction of sp³-hybridized carbons (Fsp3) is 0.300. The van der Waals surface area contributed by atoms with Crippen LogP contribution in [0.1, 0.15) is 18.0 Å². The van der Waals surface area contributed by atoms with Crippen molar-refractivity contribution in [3.05, 3.63) is 29.5 Å². The first-order valence-electron chi connectivity index (χ1n) is 5.15. The van der Waals surface area contributed by atoms with E-state index in [4.69, 9.17) is 5.73 Å². The average molecular weight is 251 g/mol. The standard InChI is InChI=1S/C10H13N5OS/c1-7(15-4-2-3-5-15)9(16)12-6-8-13-14-10(11)17-8/h2-5,7H,6H2,1H3,(H2,11,14)(H,12,16). The minimum Gasteiger partial charge on any atom is -0.374 e. The molecule has 6 nitrogen and oxygen atoms in total. The molecule has 7 heteroatoms. The molecule has 0 bridgehead atoms. The number of carbonyl (C=O) groups is 1. The van der Waals surface area contributed by atoms with Crippen LogP contribution in [0.3, 0.4) is 0 Å². The highest BCUT2D eigenvalue weighted by molar-refractivity contribution is 7.15. The van der Waals surface area contributed by atoms with Crippen LogP contribution in [0.2, 0.25) is 0 Å². The van der Waals surface area contributed by atoms with E-state index in [0.29, 0.717) is 16.7 Å². The van der Waals surface area contributed by atoms with E-state index in [1.807, 2.05) is 36.0 Å². The van der Waals surface area contributed by atoms with Gasteiger partial charge in [0.2, 0.25) is 11.0 Å². The SMILES string of the molecule is CC(C(=O)NCc1nnc(N)s1)n1cccc1. The quantitative estimate of drug-likeness (QED) is 0.841. The van der Waals surface area contributed by atoms with Gasteiger partial charge >= 0.3 is 0 Å². The molecule has 0 aliphatic heterocycles. The van der Waals surface area contributed by atoms with Crippen LogP contribution in [-0.2, 0) is 11.3 Å². The van der Waals surface area contributed by atoms with E-state index in [-0.39, 0.29) is 11.9 Å². The third kappa shape index (κ3) is 2.82. The summed E-state index contributed by atoms with van der Waals surface area (Å²) in [5.41, 5.74) is 5.45. The minimum atomic E-state index is -0.240. The van der Waals surface area contributed by atoms with E-state index in [1.165, 1.54) is 11.3 Å². The molecule has 2 aromatic heterocycles. The van der Waals surface area contributed by atoms with Crippen molar-refractivity contribution in [3.8, 4) is 0 Å². The second kappa shape index (κ2) is 4.96. The molecule has 90 valence electrons. The predicted molar refractivity (Wildman–Crippen MR) is 65.3 cm³/mol.